The predicted molar refractivity (Wildman–Crippen MR) is 113 cm³/mol. The van der Waals surface area contributed by atoms with Gasteiger partial charge in [-0.2, -0.15) is 4.98 Å². The van der Waals surface area contributed by atoms with Crippen LogP contribution >= 0.6 is 0 Å². The minimum atomic E-state index is -0.909. The first-order chi connectivity index (χ1) is 16.1. The van der Waals surface area contributed by atoms with Gasteiger partial charge in [0.1, 0.15) is 23.9 Å². The van der Waals surface area contributed by atoms with Gasteiger partial charge in [-0.05, 0) is 30.3 Å². The minimum absolute atomic E-state index is 0.0136. The Morgan fingerprint density at radius 2 is 1.67 bits per heavy atom. The van der Waals surface area contributed by atoms with Gasteiger partial charge in [0.05, 0.1) is 6.61 Å². The Labute approximate surface area is 187 Å². The Kier molecular flexibility index (Phi) is 6.93. The topological polar surface area (TPSA) is 127 Å². The number of nitrogens with zero attached hydrogens (tertiary/aromatic N) is 2. The average molecular weight is 453 g/mol. The third-order valence-electron chi connectivity index (χ3n) is 4.34. The van der Waals surface area contributed by atoms with Gasteiger partial charge in [0.15, 0.2) is 12.5 Å². The zero-order valence-corrected chi connectivity index (χ0v) is 17.2. The minimum Gasteiger partial charge on any atom is -0.429 e. The molecule has 2 aromatic carbocycles. The van der Waals surface area contributed by atoms with E-state index in [2.05, 4.69) is 10.3 Å². The van der Waals surface area contributed by atoms with Crippen LogP contribution in [0, 0.1) is 0 Å². The van der Waals surface area contributed by atoms with Crippen molar-refractivity contribution in [3.63, 3.8) is 0 Å². The molecule has 0 aliphatic carbocycles. The molecule has 1 amide bonds. The number of hydrogen-bond donors (Lipinski definition) is 1. The predicted octanol–water partition coefficient (Wildman–Crippen LogP) is 2.94. The average Bonchev–Trinajstić information content (AvgIpc) is 3.28. The third kappa shape index (κ3) is 6.15. The van der Waals surface area contributed by atoms with E-state index in [1.807, 2.05) is 0 Å². The first kappa shape index (κ1) is 22.0. The van der Waals surface area contributed by atoms with Gasteiger partial charge < -0.3 is 23.7 Å². The molecule has 33 heavy (non-hydrogen) atoms. The van der Waals surface area contributed by atoms with Crippen LogP contribution in [0.3, 0.4) is 0 Å². The highest BCUT2D eigenvalue weighted by Crippen LogP contribution is 2.20. The van der Waals surface area contributed by atoms with Crippen LogP contribution in [0.4, 0.5) is 15.4 Å². The molecule has 4 rings (SSSR count). The largest absolute Gasteiger partial charge is 0.514 e. The van der Waals surface area contributed by atoms with Gasteiger partial charge in [0, 0.05) is 6.20 Å². The van der Waals surface area contributed by atoms with Crippen LogP contribution in [0.2, 0.25) is 0 Å². The summed E-state index contributed by atoms with van der Waals surface area (Å²) in [4.78, 5) is 39.9. The Hall–Kier alpha value is -4.22. The number of carbonyl (C=O) groups excluding carboxylic acids is 2. The molecular formula is C22H19N3O8. The van der Waals surface area contributed by atoms with Crippen LogP contribution in [0.25, 0.3) is 0 Å². The summed E-state index contributed by atoms with van der Waals surface area (Å²) in [6.45, 7) is -0.193. The number of benzene rings is 2. The smallest absolute Gasteiger partial charge is 0.429 e. The third-order valence-corrected chi connectivity index (χ3v) is 4.34. The van der Waals surface area contributed by atoms with Crippen molar-refractivity contribution < 1.29 is 33.3 Å². The fourth-order valence-corrected chi connectivity index (χ4v) is 2.85. The molecule has 1 aliphatic rings. The Morgan fingerprint density at radius 3 is 2.33 bits per heavy atom. The molecule has 1 aliphatic heterocycles. The maximum absolute atomic E-state index is 12.4. The van der Waals surface area contributed by atoms with Gasteiger partial charge in [-0.25, -0.2) is 14.4 Å². The molecule has 170 valence electrons. The molecule has 2 atom stereocenters. The van der Waals surface area contributed by atoms with Crippen LogP contribution in [0.5, 0.6) is 11.5 Å². The van der Waals surface area contributed by atoms with E-state index in [9.17, 15) is 14.4 Å². The second-order valence-electron chi connectivity index (χ2n) is 6.66. The molecule has 0 saturated carbocycles. The van der Waals surface area contributed by atoms with Crippen molar-refractivity contribution in [1.29, 1.82) is 0 Å². The van der Waals surface area contributed by atoms with E-state index in [-0.39, 0.29) is 19.0 Å². The van der Waals surface area contributed by atoms with E-state index in [1.165, 1.54) is 16.8 Å². The Morgan fingerprint density at radius 1 is 1.00 bits per heavy atom. The summed E-state index contributed by atoms with van der Waals surface area (Å²) in [6, 6.07) is 18.3. The van der Waals surface area contributed by atoms with Crippen molar-refractivity contribution in [3.8, 4) is 11.5 Å². The number of carbonyl (C=O) groups is 2. The lowest BCUT2D eigenvalue weighted by Gasteiger charge is -2.14. The zero-order valence-electron chi connectivity index (χ0n) is 17.2. The molecule has 3 aromatic rings. The van der Waals surface area contributed by atoms with Gasteiger partial charge in [0.25, 0.3) is 0 Å². The lowest BCUT2D eigenvalue weighted by Crippen LogP contribution is -2.30. The molecule has 1 saturated heterocycles. The molecule has 2 unspecified atom stereocenters. The Balaban J connectivity index is 1.26. The normalized spacial score (nSPS) is 17.2. The molecule has 0 radical (unpaired) electrons. The van der Waals surface area contributed by atoms with Crippen molar-refractivity contribution in [3.05, 3.63) is 83.4 Å². The van der Waals surface area contributed by atoms with E-state index in [0.29, 0.717) is 11.5 Å². The number of nitrogens with one attached hydrogen (secondary N) is 1. The Bertz CT molecular complexity index is 1150. The fraction of sp³-hybridized carbons (Fsp3) is 0.182. The summed E-state index contributed by atoms with van der Waals surface area (Å²) in [7, 11) is 0. The monoisotopic (exact) mass is 453 g/mol. The first-order valence-electron chi connectivity index (χ1n) is 9.86. The van der Waals surface area contributed by atoms with Crippen LogP contribution in [-0.4, -0.2) is 41.3 Å². The lowest BCUT2D eigenvalue weighted by atomic mass is 10.3. The molecule has 1 fully saturated rings. The lowest BCUT2D eigenvalue weighted by molar-refractivity contribution is -0.105. The van der Waals surface area contributed by atoms with Gasteiger partial charge >= 0.3 is 17.9 Å². The highest BCUT2D eigenvalue weighted by atomic mass is 16.8. The highest BCUT2D eigenvalue weighted by Gasteiger charge is 2.29. The van der Waals surface area contributed by atoms with Crippen LogP contribution in [-0.2, 0) is 14.2 Å². The van der Waals surface area contributed by atoms with Crippen molar-refractivity contribution in [2.45, 2.75) is 12.5 Å². The summed E-state index contributed by atoms with van der Waals surface area (Å²) >= 11 is 0. The number of hydrogen-bond acceptors (Lipinski definition) is 9. The van der Waals surface area contributed by atoms with Crippen molar-refractivity contribution >= 4 is 18.1 Å². The van der Waals surface area contributed by atoms with Crippen LogP contribution in [0.15, 0.2) is 77.7 Å². The van der Waals surface area contributed by atoms with E-state index in [1.54, 1.807) is 60.7 Å². The molecule has 11 heteroatoms. The molecule has 0 bridgehead atoms. The highest BCUT2D eigenvalue weighted by molar-refractivity contribution is 5.84. The van der Waals surface area contributed by atoms with E-state index < -0.39 is 30.5 Å². The molecule has 11 nitrogen and oxygen atoms in total. The van der Waals surface area contributed by atoms with Crippen molar-refractivity contribution in [2.75, 3.05) is 18.5 Å². The second kappa shape index (κ2) is 10.4. The number of aromatic nitrogens is 2. The summed E-state index contributed by atoms with van der Waals surface area (Å²) in [5.74, 6) is 0.702. The first-order valence-corrected chi connectivity index (χ1v) is 9.86. The van der Waals surface area contributed by atoms with E-state index >= 15 is 0 Å². The fourth-order valence-electron chi connectivity index (χ4n) is 2.85. The maximum Gasteiger partial charge on any atom is 0.514 e. The summed E-state index contributed by atoms with van der Waals surface area (Å²) in [6.07, 6.45) is -1.97. The summed E-state index contributed by atoms with van der Waals surface area (Å²) in [5, 5.41) is 2.38. The van der Waals surface area contributed by atoms with Gasteiger partial charge in [0.2, 0.25) is 0 Å². The summed E-state index contributed by atoms with van der Waals surface area (Å²) in [5.41, 5.74) is -0.675. The molecule has 1 aromatic heterocycles. The molecule has 0 spiro atoms. The number of para-hydroxylation sites is 2. The molecule has 2 heterocycles. The number of amides is 1. The van der Waals surface area contributed by atoms with Crippen molar-refractivity contribution in [2.24, 2.45) is 0 Å². The molecule has 1 N–H and O–H groups in total. The number of anilines is 1. The standard InChI is InChI=1S/C22H19N3O8/c26-20-23-17(24-21(27)31-15-7-3-1-4-8-15)11-12-25(20)18-13-29-19(33-18)14-30-22(28)32-16-9-5-2-6-10-16/h1-12,18-19H,13-14H2,(H,23,24,26,27). The van der Waals surface area contributed by atoms with E-state index in [4.69, 9.17) is 23.7 Å². The van der Waals surface area contributed by atoms with Gasteiger partial charge in [-0.3, -0.25) is 9.88 Å². The second-order valence-corrected chi connectivity index (χ2v) is 6.66. The van der Waals surface area contributed by atoms with E-state index in [0.717, 1.165) is 0 Å². The maximum atomic E-state index is 12.4. The van der Waals surface area contributed by atoms with Crippen LogP contribution in [0.1, 0.15) is 6.23 Å². The SMILES string of the molecule is O=C(Nc1ccn(C2COC(COC(=O)Oc3ccccc3)O2)c(=O)n1)Oc1ccccc1. The van der Waals surface area contributed by atoms with Gasteiger partial charge in [-0.15, -0.1) is 0 Å². The van der Waals surface area contributed by atoms with Gasteiger partial charge in [-0.1, -0.05) is 36.4 Å². The quantitative estimate of drug-likeness (QED) is 0.443. The number of rotatable bonds is 6. The van der Waals surface area contributed by atoms with Crippen molar-refractivity contribution in [1.82, 2.24) is 9.55 Å². The summed E-state index contributed by atoms with van der Waals surface area (Å²) < 4.78 is 27.3. The zero-order chi connectivity index (χ0) is 23.0. The van der Waals surface area contributed by atoms with Crippen LogP contribution < -0.4 is 20.5 Å². The number of ether oxygens (including phenoxy) is 5. The molecular weight excluding hydrogens is 434 g/mol.